The van der Waals surface area contributed by atoms with E-state index >= 15 is 0 Å². The molecule has 2 rings (SSSR count). The molecule has 0 saturated heterocycles. The number of nitrogens with zero attached hydrogens (tertiary/aromatic N) is 3. The van der Waals surface area contributed by atoms with Crippen molar-refractivity contribution in [3.63, 3.8) is 0 Å². The van der Waals surface area contributed by atoms with Gasteiger partial charge in [-0.2, -0.15) is 0 Å². The van der Waals surface area contributed by atoms with Crippen LogP contribution in [0.1, 0.15) is 5.69 Å². The third-order valence-corrected chi connectivity index (χ3v) is 2.03. The van der Waals surface area contributed by atoms with Gasteiger partial charge >= 0.3 is 27.7 Å². The fourth-order valence-electron chi connectivity index (χ4n) is 1.39. The molecule has 0 saturated carbocycles. The van der Waals surface area contributed by atoms with Gasteiger partial charge in [-0.15, -0.1) is 0 Å². The van der Waals surface area contributed by atoms with Crippen LogP contribution in [0.15, 0.2) is 36.8 Å². The van der Waals surface area contributed by atoms with Crippen LogP contribution < -0.4 is 0 Å². The Morgan fingerprint density at radius 3 is 2.62 bits per heavy atom. The van der Waals surface area contributed by atoms with Crippen LogP contribution in [0.25, 0.3) is 0 Å². The molecule has 0 aliphatic carbocycles. The maximum atomic E-state index is 4.49. The molecule has 5 heteroatoms. The summed E-state index contributed by atoms with van der Waals surface area (Å²) >= 11 is 2.22. The minimum absolute atomic E-state index is 0. The van der Waals surface area contributed by atoms with Gasteiger partial charge in [0.25, 0.3) is 0 Å². The molecule has 1 aromatic heterocycles. The van der Waals surface area contributed by atoms with Crippen LogP contribution in [-0.2, 0) is 24.7 Å². The molecule has 3 nitrogen and oxygen atoms in total. The zero-order valence-corrected chi connectivity index (χ0v) is 11.7. The van der Waals surface area contributed by atoms with Gasteiger partial charge in [0.05, 0.1) is 18.9 Å². The summed E-state index contributed by atoms with van der Waals surface area (Å²) in [6.45, 7) is 1.85. The van der Waals surface area contributed by atoms with E-state index in [4.69, 9.17) is 0 Å². The Labute approximate surface area is 112 Å². The predicted octanol–water partition coefficient (Wildman–Crippen LogP) is 2.39. The number of hydrogen-bond acceptors (Lipinski definition) is 3. The molecule has 0 N–H and O–H groups in total. The molecule has 2 heterocycles. The number of halogens is 1. The Hall–Kier alpha value is -0.558. The molecule has 0 aromatic carbocycles. The molecule has 0 atom stereocenters. The minimum atomic E-state index is 0. The molecule has 16 heavy (non-hydrogen) atoms. The molecule has 0 amide bonds. The van der Waals surface area contributed by atoms with Gasteiger partial charge in [-0.3, -0.25) is 4.98 Å². The number of rotatable bonds is 2. The fraction of sp³-hybridized carbons (Fsp3) is 0.273. The van der Waals surface area contributed by atoms with Gasteiger partial charge in [-0.25, -0.2) is 0 Å². The van der Waals surface area contributed by atoms with E-state index in [2.05, 4.69) is 61.9 Å². The maximum absolute atomic E-state index is 4.49. The van der Waals surface area contributed by atoms with Gasteiger partial charge in [-0.1, -0.05) is 6.07 Å². The first kappa shape index (κ1) is 15.4. The van der Waals surface area contributed by atoms with E-state index < -0.39 is 0 Å². The van der Waals surface area contributed by atoms with Crippen molar-refractivity contribution in [3.8, 4) is 0 Å². The van der Waals surface area contributed by atoms with E-state index in [9.17, 15) is 0 Å². The van der Waals surface area contributed by atoms with E-state index in [1.165, 1.54) is 0 Å². The third kappa shape index (κ3) is 4.98. The fourth-order valence-corrected chi connectivity index (χ4v) is 1.39. The van der Waals surface area contributed by atoms with Crippen LogP contribution in [0.4, 0.5) is 0 Å². The Kier molecular flexibility index (Phi) is 8.28. The van der Waals surface area contributed by atoms with Crippen molar-refractivity contribution < 1.29 is 18.2 Å². The molecule has 0 fully saturated rings. The van der Waals surface area contributed by atoms with Crippen LogP contribution in [0, 0.1) is 7.43 Å². The van der Waals surface area contributed by atoms with E-state index in [0.717, 1.165) is 18.9 Å². The van der Waals surface area contributed by atoms with Crippen molar-refractivity contribution >= 4 is 9.53 Å². The summed E-state index contributed by atoms with van der Waals surface area (Å²) in [5.74, 6) is 0. The van der Waals surface area contributed by atoms with Crippen LogP contribution in [0.2, 0.25) is 0 Å². The van der Waals surface area contributed by atoms with Crippen molar-refractivity contribution in [2.45, 2.75) is 6.54 Å². The number of pyridine rings is 1. The van der Waals surface area contributed by atoms with Crippen LogP contribution in [0.3, 0.4) is 0 Å². The zero-order chi connectivity index (χ0) is 11.1. The van der Waals surface area contributed by atoms with E-state index in [-0.39, 0.29) is 7.43 Å². The van der Waals surface area contributed by atoms with Gasteiger partial charge < -0.3 is 17.2 Å². The van der Waals surface area contributed by atoms with Crippen molar-refractivity contribution in [2.24, 2.45) is 0 Å². The second-order valence-corrected chi connectivity index (χ2v) is 3.26. The Balaban J connectivity index is 0.000000711. The normalized spacial score (nSPS) is 13.0. The second kappa shape index (κ2) is 8.58. The topological polar surface area (TPSA) is 19.4 Å². The van der Waals surface area contributed by atoms with E-state index in [0.29, 0.717) is 0 Å². The van der Waals surface area contributed by atoms with Gasteiger partial charge in [0.15, 0.2) is 0 Å². The van der Waals surface area contributed by atoms with Gasteiger partial charge in [0, 0.05) is 25.6 Å². The van der Waals surface area contributed by atoms with Crippen LogP contribution in [-0.4, -0.2) is 28.5 Å². The third-order valence-electron chi connectivity index (χ3n) is 2.03. The van der Waals surface area contributed by atoms with Crippen LogP contribution in [0.5, 0.6) is 0 Å². The summed E-state index contributed by atoms with van der Waals surface area (Å²) in [4.78, 5) is 8.64. The van der Waals surface area contributed by atoms with E-state index in [1.54, 1.807) is 0 Å². The first-order chi connectivity index (χ1) is 7.34. The summed E-state index contributed by atoms with van der Waals surface area (Å²) in [5.41, 5.74) is 1.11. The number of aromatic nitrogens is 1. The predicted molar refractivity (Wildman–Crippen MR) is 63.8 cm³/mol. The van der Waals surface area contributed by atoms with Crippen molar-refractivity contribution in [2.75, 3.05) is 13.7 Å². The summed E-state index contributed by atoms with van der Waals surface area (Å²) in [6.07, 6.45) is 6.00. The zero-order valence-electron chi connectivity index (χ0n) is 9.41. The van der Waals surface area contributed by atoms with Crippen molar-refractivity contribution in [1.82, 2.24) is 14.8 Å². The molecule has 0 bridgehead atoms. The Morgan fingerprint density at radius 1 is 1.38 bits per heavy atom. The van der Waals surface area contributed by atoms with E-state index in [1.807, 2.05) is 24.4 Å². The summed E-state index contributed by atoms with van der Waals surface area (Å²) in [7, 11) is 6.55. The number of hydrogen-bond donors (Lipinski definition) is 0. The monoisotopic (exact) mass is 331 g/mol. The molecule has 1 aliphatic heterocycles. The summed E-state index contributed by atoms with van der Waals surface area (Å²) < 4.78 is 0. The van der Waals surface area contributed by atoms with Gasteiger partial charge in [-0.05, 0) is 12.1 Å². The molecule has 1 aromatic rings. The average molecular weight is 332 g/mol. The first-order valence-corrected chi connectivity index (χ1v) is 6.49. The molecular weight excluding hydrogens is 316 g/mol. The van der Waals surface area contributed by atoms with Crippen molar-refractivity contribution in [1.29, 1.82) is 0 Å². The molecule has 1 aliphatic rings. The molecule has 92 valence electrons. The van der Waals surface area contributed by atoms with Crippen molar-refractivity contribution in [3.05, 3.63) is 49.9 Å². The standard InChI is InChI=1S/C10H13N3.CH3.ClH.Pd/c1-12-6-7-13(9-12)8-10-4-2-3-5-11-10;;;/h2-7H,8-9H2,1H3;1H3;1H;/q;-1;;+2/p-1. The molecule has 0 unspecified atom stereocenters. The summed E-state index contributed by atoms with van der Waals surface area (Å²) in [6, 6.07) is 6.01. The summed E-state index contributed by atoms with van der Waals surface area (Å²) in [5, 5.41) is 0. The first-order valence-electron chi connectivity index (χ1n) is 4.49. The Morgan fingerprint density at radius 2 is 2.12 bits per heavy atom. The van der Waals surface area contributed by atoms with Crippen LogP contribution >= 0.6 is 9.53 Å². The molecule has 0 spiro atoms. The van der Waals surface area contributed by atoms with Gasteiger partial charge in [0.2, 0.25) is 0 Å². The molecular formula is C11H16ClN3Pd. The SMILES string of the molecule is CN1C=CN(Cc2ccccn2)C1.[CH3-].[Cl][Pd+]. The second-order valence-electron chi connectivity index (χ2n) is 3.26. The Bertz CT molecular complexity index is 305. The quantitative estimate of drug-likeness (QED) is 0.612. The molecule has 0 radical (unpaired) electrons. The van der Waals surface area contributed by atoms with Gasteiger partial charge in [0.1, 0.15) is 0 Å². The average Bonchev–Trinajstić information content (AvgIpc) is 2.68.